The first-order chi connectivity index (χ1) is 8.29. The smallest absolute Gasteiger partial charge is 0.234 e. The molecule has 1 amide bonds. The fourth-order valence-corrected chi connectivity index (χ4v) is 1.85. The van der Waals surface area contributed by atoms with E-state index in [-0.39, 0.29) is 5.91 Å². The maximum atomic E-state index is 11.3. The summed E-state index contributed by atoms with van der Waals surface area (Å²) < 4.78 is 0. The molecule has 0 saturated carbocycles. The Hall–Kier alpha value is -1.87. The minimum atomic E-state index is 0.0145. The number of rotatable bonds is 4. The molecule has 2 N–H and O–H groups in total. The number of aryl methyl sites for hydroxylation is 1. The molecule has 0 saturated heterocycles. The van der Waals surface area contributed by atoms with Crippen molar-refractivity contribution in [2.75, 3.05) is 7.05 Å². The fraction of sp³-hybridized carbons (Fsp3) is 0.214. The van der Waals surface area contributed by atoms with E-state index in [9.17, 15) is 4.79 Å². The molecule has 0 aliphatic rings. The summed E-state index contributed by atoms with van der Waals surface area (Å²) in [4.78, 5) is 11.3. The molecule has 0 fully saturated rings. The normalized spacial score (nSPS) is 10.4. The Morgan fingerprint density at radius 3 is 2.65 bits per heavy atom. The number of nitrogens with one attached hydrogen (secondary N) is 2. The van der Waals surface area contributed by atoms with Crippen molar-refractivity contribution in [1.29, 1.82) is 0 Å². The molecule has 0 aliphatic heterocycles. The maximum Gasteiger partial charge on any atom is 0.234 e. The first kappa shape index (κ1) is 11.6. The monoisotopic (exact) mass is 228 g/mol. The Labute approximate surface area is 101 Å². The second-order valence-corrected chi connectivity index (χ2v) is 3.98. The first-order valence-electron chi connectivity index (χ1n) is 5.73. The Morgan fingerprint density at radius 2 is 1.88 bits per heavy atom. The van der Waals surface area contributed by atoms with Gasteiger partial charge in [0.2, 0.25) is 5.91 Å². The molecule has 0 aromatic heterocycles. The van der Waals surface area contributed by atoms with Gasteiger partial charge < -0.3 is 0 Å². The summed E-state index contributed by atoms with van der Waals surface area (Å²) >= 11 is 0. The number of amides is 1. The van der Waals surface area contributed by atoms with E-state index in [0.29, 0.717) is 6.42 Å². The molecule has 0 aliphatic carbocycles. The highest BCUT2D eigenvalue weighted by molar-refractivity contribution is 5.83. The molecule has 0 heterocycles. The Bertz CT molecular complexity index is 522. The van der Waals surface area contributed by atoms with Crippen LogP contribution in [0.4, 0.5) is 0 Å². The summed E-state index contributed by atoms with van der Waals surface area (Å²) in [6.07, 6.45) is 1.26. The molecule has 17 heavy (non-hydrogen) atoms. The molecule has 2 aromatic carbocycles. The SMILES string of the molecule is CNNC(=O)CCc1ccc2ccccc2c1. The molecule has 2 aromatic rings. The molecule has 0 spiro atoms. The predicted octanol–water partition coefficient (Wildman–Crippen LogP) is 2.02. The highest BCUT2D eigenvalue weighted by Gasteiger charge is 2.01. The molecule has 0 radical (unpaired) electrons. The van der Waals surface area contributed by atoms with E-state index in [1.54, 1.807) is 7.05 Å². The Morgan fingerprint density at radius 1 is 1.12 bits per heavy atom. The summed E-state index contributed by atoms with van der Waals surface area (Å²) in [6, 6.07) is 14.6. The molecule has 88 valence electrons. The average molecular weight is 228 g/mol. The number of fused-ring (bicyclic) bond motifs is 1. The number of hydrazine groups is 1. The molecule has 0 atom stereocenters. The van der Waals surface area contributed by atoms with Crippen molar-refractivity contribution in [2.45, 2.75) is 12.8 Å². The van der Waals surface area contributed by atoms with Gasteiger partial charge in [0.15, 0.2) is 0 Å². The van der Waals surface area contributed by atoms with E-state index >= 15 is 0 Å². The molecule has 2 rings (SSSR count). The van der Waals surface area contributed by atoms with Crippen LogP contribution in [-0.2, 0) is 11.2 Å². The third-order valence-electron chi connectivity index (χ3n) is 2.72. The summed E-state index contributed by atoms with van der Waals surface area (Å²) in [7, 11) is 1.69. The van der Waals surface area contributed by atoms with E-state index in [4.69, 9.17) is 0 Å². The van der Waals surface area contributed by atoms with E-state index in [2.05, 4.69) is 41.2 Å². The Kier molecular flexibility index (Phi) is 3.73. The number of carbonyl (C=O) groups excluding carboxylic acids is 1. The highest BCUT2D eigenvalue weighted by Crippen LogP contribution is 2.16. The van der Waals surface area contributed by atoms with Crippen molar-refractivity contribution < 1.29 is 4.79 Å². The number of carbonyl (C=O) groups is 1. The van der Waals surface area contributed by atoms with Crippen LogP contribution in [0.25, 0.3) is 10.8 Å². The molecule has 3 heteroatoms. The van der Waals surface area contributed by atoms with Crippen LogP contribution in [0.3, 0.4) is 0 Å². The van der Waals surface area contributed by atoms with Gasteiger partial charge in [-0.05, 0) is 22.8 Å². The van der Waals surface area contributed by atoms with Crippen LogP contribution in [0.1, 0.15) is 12.0 Å². The van der Waals surface area contributed by atoms with Gasteiger partial charge >= 0.3 is 0 Å². The van der Waals surface area contributed by atoms with Gasteiger partial charge in [-0.1, -0.05) is 42.5 Å². The molecular weight excluding hydrogens is 212 g/mol. The lowest BCUT2D eigenvalue weighted by Crippen LogP contribution is -2.34. The average Bonchev–Trinajstić information content (AvgIpc) is 2.36. The van der Waals surface area contributed by atoms with Gasteiger partial charge in [-0.15, -0.1) is 0 Å². The van der Waals surface area contributed by atoms with Crippen molar-refractivity contribution >= 4 is 16.7 Å². The van der Waals surface area contributed by atoms with Crippen LogP contribution in [0.2, 0.25) is 0 Å². The predicted molar refractivity (Wildman–Crippen MR) is 69.5 cm³/mol. The van der Waals surface area contributed by atoms with Gasteiger partial charge in [-0.3, -0.25) is 10.2 Å². The van der Waals surface area contributed by atoms with Crippen molar-refractivity contribution in [1.82, 2.24) is 10.9 Å². The third kappa shape index (κ3) is 3.04. The van der Waals surface area contributed by atoms with Gasteiger partial charge in [0, 0.05) is 13.5 Å². The minimum Gasteiger partial charge on any atom is -0.292 e. The number of benzene rings is 2. The maximum absolute atomic E-state index is 11.3. The lowest BCUT2D eigenvalue weighted by atomic mass is 10.0. The van der Waals surface area contributed by atoms with E-state index < -0.39 is 0 Å². The van der Waals surface area contributed by atoms with Crippen LogP contribution in [0.15, 0.2) is 42.5 Å². The van der Waals surface area contributed by atoms with Crippen molar-refractivity contribution in [3.8, 4) is 0 Å². The summed E-state index contributed by atoms with van der Waals surface area (Å²) in [5, 5.41) is 2.45. The molecule has 0 bridgehead atoms. The quantitative estimate of drug-likeness (QED) is 0.786. The molecule has 0 unspecified atom stereocenters. The van der Waals surface area contributed by atoms with Crippen molar-refractivity contribution in [2.24, 2.45) is 0 Å². The molecule has 3 nitrogen and oxygen atoms in total. The standard InChI is InChI=1S/C14H16N2O/c1-15-16-14(17)9-7-11-6-8-12-4-2-3-5-13(12)10-11/h2-6,8,10,15H,7,9H2,1H3,(H,16,17). The number of hydrogen-bond acceptors (Lipinski definition) is 2. The fourth-order valence-electron chi connectivity index (χ4n) is 1.85. The highest BCUT2D eigenvalue weighted by atomic mass is 16.2. The van der Waals surface area contributed by atoms with Gasteiger partial charge in [-0.25, -0.2) is 5.43 Å². The second kappa shape index (κ2) is 5.46. The van der Waals surface area contributed by atoms with Crippen LogP contribution in [-0.4, -0.2) is 13.0 Å². The topological polar surface area (TPSA) is 41.1 Å². The minimum absolute atomic E-state index is 0.0145. The van der Waals surface area contributed by atoms with Crippen LogP contribution in [0.5, 0.6) is 0 Å². The summed E-state index contributed by atoms with van der Waals surface area (Å²) in [6.45, 7) is 0. The second-order valence-electron chi connectivity index (χ2n) is 3.98. The van der Waals surface area contributed by atoms with Crippen molar-refractivity contribution in [3.63, 3.8) is 0 Å². The van der Waals surface area contributed by atoms with Crippen molar-refractivity contribution in [3.05, 3.63) is 48.0 Å². The van der Waals surface area contributed by atoms with Crippen LogP contribution >= 0.6 is 0 Å². The Balaban J connectivity index is 2.06. The van der Waals surface area contributed by atoms with Crippen LogP contribution in [0, 0.1) is 0 Å². The van der Waals surface area contributed by atoms with E-state index in [1.807, 2.05) is 12.1 Å². The van der Waals surface area contributed by atoms with E-state index in [0.717, 1.165) is 6.42 Å². The number of hydrogen-bond donors (Lipinski definition) is 2. The zero-order valence-electron chi connectivity index (χ0n) is 9.86. The zero-order chi connectivity index (χ0) is 12.1. The lowest BCUT2D eigenvalue weighted by Gasteiger charge is -2.04. The first-order valence-corrected chi connectivity index (χ1v) is 5.73. The summed E-state index contributed by atoms with van der Waals surface area (Å²) in [5.41, 5.74) is 6.39. The van der Waals surface area contributed by atoms with Gasteiger partial charge in [0.05, 0.1) is 0 Å². The zero-order valence-corrected chi connectivity index (χ0v) is 9.86. The van der Waals surface area contributed by atoms with Crippen LogP contribution < -0.4 is 10.9 Å². The van der Waals surface area contributed by atoms with Gasteiger partial charge in [-0.2, -0.15) is 0 Å². The van der Waals surface area contributed by atoms with E-state index in [1.165, 1.54) is 16.3 Å². The van der Waals surface area contributed by atoms with Gasteiger partial charge in [0.1, 0.15) is 0 Å². The lowest BCUT2D eigenvalue weighted by molar-refractivity contribution is -0.121. The molecular formula is C14H16N2O. The summed E-state index contributed by atoms with van der Waals surface area (Å²) in [5.74, 6) is 0.0145. The van der Waals surface area contributed by atoms with Gasteiger partial charge in [0.25, 0.3) is 0 Å². The largest absolute Gasteiger partial charge is 0.292 e. The third-order valence-corrected chi connectivity index (χ3v) is 2.72.